The molecule has 106 valence electrons. The van der Waals surface area contributed by atoms with Crippen molar-refractivity contribution in [1.82, 2.24) is 0 Å². The summed E-state index contributed by atoms with van der Waals surface area (Å²) in [4.78, 5) is 11.4. The van der Waals surface area contributed by atoms with E-state index in [-0.39, 0.29) is 5.75 Å². The third-order valence-corrected chi connectivity index (χ3v) is 3.18. The molecule has 0 atom stereocenters. The van der Waals surface area contributed by atoms with Crippen LogP contribution in [0.5, 0.6) is 5.75 Å². The highest BCUT2D eigenvalue weighted by Gasteiger charge is 2.14. The van der Waals surface area contributed by atoms with Crippen molar-refractivity contribution >= 4 is 27.7 Å². The fourth-order valence-electron chi connectivity index (χ4n) is 2.25. The number of carbonyl (C=O) groups excluding carboxylic acids is 1. The normalized spacial score (nSPS) is 10.8. The Balaban J connectivity index is 2.40. The van der Waals surface area contributed by atoms with Gasteiger partial charge in [-0.1, -0.05) is 12.1 Å². The van der Waals surface area contributed by atoms with Gasteiger partial charge in [0.05, 0.1) is 7.11 Å². The van der Waals surface area contributed by atoms with E-state index in [0.29, 0.717) is 21.5 Å². The van der Waals surface area contributed by atoms with Crippen LogP contribution in [-0.4, -0.2) is 13.3 Å². The summed E-state index contributed by atoms with van der Waals surface area (Å²) in [5, 5.41) is 2.10. The standard InChI is InChI=1S/C16H10F2O3/c1-20-16(19)21-15-13-7-11(17)4-2-9(13)6-10-3-5-12(18)8-14(10)15/h2-8H,1H3. The first-order valence-electron chi connectivity index (χ1n) is 6.16. The summed E-state index contributed by atoms with van der Waals surface area (Å²) >= 11 is 0. The Kier molecular flexibility index (Phi) is 3.17. The summed E-state index contributed by atoms with van der Waals surface area (Å²) in [6, 6.07) is 9.98. The molecule has 3 aromatic carbocycles. The molecule has 0 saturated carbocycles. The third kappa shape index (κ3) is 2.38. The molecule has 0 aromatic heterocycles. The van der Waals surface area contributed by atoms with Crippen LogP contribution in [0.3, 0.4) is 0 Å². The Hall–Kier alpha value is -2.69. The summed E-state index contributed by atoms with van der Waals surface area (Å²) in [5.41, 5.74) is 0. The highest BCUT2D eigenvalue weighted by atomic mass is 19.1. The average molecular weight is 288 g/mol. The van der Waals surface area contributed by atoms with E-state index in [4.69, 9.17) is 4.74 Å². The molecule has 5 heteroatoms. The molecular formula is C16H10F2O3. The van der Waals surface area contributed by atoms with E-state index in [1.165, 1.54) is 24.3 Å². The summed E-state index contributed by atoms with van der Waals surface area (Å²) in [6.07, 6.45) is -0.947. The molecule has 0 unspecified atom stereocenters. The fraction of sp³-hybridized carbons (Fsp3) is 0.0625. The van der Waals surface area contributed by atoms with Crippen LogP contribution in [0.2, 0.25) is 0 Å². The second-order valence-corrected chi connectivity index (χ2v) is 4.49. The van der Waals surface area contributed by atoms with Crippen LogP contribution in [0, 0.1) is 11.6 Å². The first kappa shape index (κ1) is 13.3. The van der Waals surface area contributed by atoms with Crippen molar-refractivity contribution in [1.29, 1.82) is 0 Å². The van der Waals surface area contributed by atoms with Gasteiger partial charge >= 0.3 is 6.16 Å². The van der Waals surface area contributed by atoms with Crippen LogP contribution < -0.4 is 4.74 Å². The number of methoxy groups -OCH3 is 1. The van der Waals surface area contributed by atoms with Crippen molar-refractivity contribution in [3.05, 3.63) is 54.1 Å². The topological polar surface area (TPSA) is 35.5 Å². The summed E-state index contributed by atoms with van der Waals surface area (Å²) < 4.78 is 36.5. The lowest BCUT2D eigenvalue weighted by molar-refractivity contribution is 0.122. The Morgan fingerprint density at radius 2 is 1.43 bits per heavy atom. The largest absolute Gasteiger partial charge is 0.513 e. The van der Waals surface area contributed by atoms with Crippen LogP contribution in [0.15, 0.2) is 42.5 Å². The highest BCUT2D eigenvalue weighted by Crippen LogP contribution is 2.36. The van der Waals surface area contributed by atoms with Crippen LogP contribution in [0.1, 0.15) is 0 Å². The molecule has 3 aromatic rings. The van der Waals surface area contributed by atoms with Gasteiger partial charge in [-0.05, 0) is 41.1 Å². The zero-order valence-corrected chi connectivity index (χ0v) is 11.0. The first-order valence-corrected chi connectivity index (χ1v) is 6.16. The number of halogens is 2. The zero-order valence-electron chi connectivity index (χ0n) is 11.0. The molecule has 3 rings (SSSR count). The Morgan fingerprint density at radius 3 is 1.90 bits per heavy atom. The van der Waals surface area contributed by atoms with E-state index >= 15 is 0 Å². The maximum absolute atomic E-state index is 13.5. The minimum Gasteiger partial charge on any atom is -0.437 e. The van der Waals surface area contributed by atoms with E-state index in [2.05, 4.69) is 4.74 Å². The number of carbonyl (C=O) groups is 1. The van der Waals surface area contributed by atoms with Gasteiger partial charge in [-0.25, -0.2) is 13.6 Å². The van der Waals surface area contributed by atoms with Crippen LogP contribution in [-0.2, 0) is 4.74 Å². The Labute approximate surface area is 118 Å². The van der Waals surface area contributed by atoms with Gasteiger partial charge in [0.25, 0.3) is 0 Å². The number of ether oxygens (including phenoxy) is 2. The molecule has 3 nitrogen and oxygen atoms in total. The van der Waals surface area contributed by atoms with Crippen molar-refractivity contribution in [2.45, 2.75) is 0 Å². The van der Waals surface area contributed by atoms with Crippen LogP contribution in [0.4, 0.5) is 13.6 Å². The van der Waals surface area contributed by atoms with E-state index in [1.54, 1.807) is 18.2 Å². The number of rotatable bonds is 1. The number of hydrogen-bond acceptors (Lipinski definition) is 3. The number of hydrogen-bond donors (Lipinski definition) is 0. The van der Waals surface area contributed by atoms with Gasteiger partial charge in [0.2, 0.25) is 0 Å². The Bertz CT molecular complexity index is 799. The SMILES string of the molecule is COC(=O)Oc1c2cc(F)ccc2cc2ccc(F)cc12. The minimum atomic E-state index is -0.947. The monoisotopic (exact) mass is 288 g/mol. The predicted octanol–water partition coefficient (Wildman–Crippen LogP) is 4.42. The fourth-order valence-corrected chi connectivity index (χ4v) is 2.25. The second kappa shape index (κ2) is 5.01. The van der Waals surface area contributed by atoms with Gasteiger partial charge in [-0.2, -0.15) is 0 Å². The van der Waals surface area contributed by atoms with E-state index in [9.17, 15) is 13.6 Å². The van der Waals surface area contributed by atoms with Crippen molar-refractivity contribution in [2.75, 3.05) is 7.11 Å². The van der Waals surface area contributed by atoms with Crippen molar-refractivity contribution in [2.24, 2.45) is 0 Å². The van der Waals surface area contributed by atoms with E-state index < -0.39 is 17.8 Å². The van der Waals surface area contributed by atoms with Gasteiger partial charge in [0, 0.05) is 10.8 Å². The van der Waals surface area contributed by atoms with Crippen molar-refractivity contribution < 1.29 is 23.0 Å². The predicted molar refractivity (Wildman–Crippen MR) is 74.4 cm³/mol. The maximum atomic E-state index is 13.5. The zero-order chi connectivity index (χ0) is 15.0. The molecule has 0 N–H and O–H groups in total. The quantitative estimate of drug-likeness (QED) is 0.378. The van der Waals surface area contributed by atoms with E-state index in [1.807, 2.05) is 0 Å². The van der Waals surface area contributed by atoms with Gasteiger partial charge < -0.3 is 9.47 Å². The van der Waals surface area contributed by atoms with Gasteiger partial charge in [-0.3, -0.25) is 0 Å². The number of benzene rings is 3. The minimum absolute atomic E-state index is 0.0772. The van der Waals surface area contributed by atoms with Gasteiger partial charge in [0.15, 0.2) is 0 Å². The van der Waals surface area contributed by atoms with Gasteiger partial charge in [-0.15, -0.1) is 0 Å². The lowest BCUT2D eigenvalue weighted by atomic mass is 10.0. The molecule has 0 heterocycles. The molecule has 21 heavy (non-hydrogen) atoms. The smallest absolute Gasteiger partial charge is 0.437 e. The van der Waals surface area contributed by atoms with E-state index in [0.717, 1.165) is 7.11 Å². The first-order chi connectivity index (χ1) is 10.1. The second-order valence-electron chi connectivity index (χ2n) is 4.49. The molecule has 0 amide bonds. The number of fused-ring (bicyclic) bond motifs is 2. The third-order valence-electron chi connectivity index (χ3n) is 3.18. The average Bonchev–Trinajstić information content (AvgIpc) is 2.48. The molecule has 0 spiro atoms. The van der Waals surface area contributed by atoms with Crippen LogP contribution in [0.25, 0.3) is 21.5 Å². The lowest BCUT2D eigenvalue weighted by Crippen LogP contribution is -2.08. The molecule has 0 aliphatic heterocycles. The summed E-state index contributed by atoms with van der Waals surface area (Å²) in [6.45, 7) is 0. The summed E-state index contributed by atoms with van der Waals surface area (Å²) in [7, 11) is 1.16. The molecular weight excluding hydrogens is 278 g/mol. The van der Waals surface area contributed by atoms with Crippen LogP contribution >= 0.6 is 0 Å². The van der Waals surface area contributed by atoms with Gasteiger partial charge in [0.1, 0.15) is 17.4 Å². The molecule has 0 bridgehead atoms. The molecule has 0 radical (unpaired) electrons. The molecule has 0 saturated heterocycles. The molecule has 0 aliphatic carbocycles. The Morgan fingerprint density at radius 1 is 0.905 bits per heavy atom. The highest BCUT2D eigenvalue weighted by molar-refractivity contribution is 6.06. The van der Waals surface area contributed by atoms with Crippen molar-refractivity contribution in [3.63, 3.8) is 0 Å². The molecule has 0 fully saturated rings. The maximum Gasteiger partial charge on any atom is 0.513 e. The van der Waals surface area contributed by atoms with Crippen molar-refractivity contribution in [3.8, 4) is 5.75 Å². The molecule has 0 aliphatic rings. The summed E-state index contributed by atoms with van der Waals surface area (Å²) in [5.74, 6) is -0.880. The lowest BCUT2D eigenvalue weighted by Gasteiger charge is -2.11.